The summed E-state index contributed by atoms with van der Waals surface area (Å²) in [5.41, 5.74) is 3.99. The van der Waals surface area contributed by atoms with Crippen LogP contribution in [-0.4, -0.2) is 14.0 Å². The molecule has 2 nitrogen and oxygen atoms in total. The van der Waals surface area contributed by atoms with Gasteiger partial charge in [0.25, 0.3) is 5.91 Å². The van der Waals surface area contributed by atoms with Crippen molar-refractivity contribution in [3.8, 4) is 0 Å². The molecule has 2 rings (SSSR count). The molecule has 4 heteroatoms. The van der Waals surface area contributed by atoms with Crippen molar-refractivity contribution in [1.82, 2.24) is 0 Å². The normalized spacial score (nSPS) is 12.8. The third-order valence-electron chi connectivity index (χ3n) is 4.09. The number of benzene rings is 2. The van der Waals surface area contributed by atoms with Gasteiger partial charge in [0.2, 0.25) is 0 Å². The van der Waals surface area contributed by atoms with E-state index in [1.807, 2.05) is 30.3 Å². The van der Waals surface area contributed by atoms with Gasteiger partial charge in [-0.3, -0.25) is 4.79 Å². The third-order valence-corrected chi connectivity index (χ3v) is 6.18. The minimum Gasteiger partial charge on any atom is -0.322 e. The molecule has 0 aliphatic carbocycles. The Hall–Kier alpha value is -1.58. The van der Waals surface area contributed by atoms with Crippen molar-refractivity contribution in [3.63, 3.8) is 0 Å². The molecule has 0 heterocycles. The minimum absolute atomic E-state index is 0.0845. The topological polar surface area (TPSA) is 29.1 Å². The molecule has 0 spiro atoms. The number of aryl methyl sites for hydroxylation is 1. The standard InChI is InChI=1S/C20H26ClNOSi/c1-14-6-7-16(12-19(14)15(2)13-24(3,4)5)20(23)22-18-10-8-17(21)9-11-18/h6-12,15H,13H2,1-5H3,(H,22,23). The summed E-state index contributed by atoms with van der Waals surface area (Å²) in [4.78, 5) is 12.5. The van der Waals surface area contributed by atoms with E-state index in [0.717, 1.165) is 5.69 Å². The summed E-state index contributed by atoms with van der Waals surface area (Å²) in [5, 5.41) is 3.59. The maximum atomic E-state index is 12.5. The quantitative estimate of drug-likeness (QED) is 0.620. The molecule has 24 heavy (non-hydrogen) atoms. The van der Waals surface area contributed by atoms with E-state index in [1.165, 1.54) is 17.2 Å². The molecule has 1 amide bonds. The number of carbonyl (C=O) groups is 1. The lowest BCUT2D eigenvalue weighted by atomic mass is 9.95. The van der Waals surface area contributed by atoms with Crippen LogP contribution < -0.4 is 5.32 Å². The van der Waals surface area contributed by atoms with E-state index in [9.17, 15) is 4.79 Å². The van der Waals surface area contributed by atoms with E-state index in [0.29, 0.717) is 16.5 Å². The van der Waals surface area contributed by atoms with Gasteiger partial charge < -0.3 is 5.32 Å². The van der Waals surface area contributed by atoms with Gasteiger partial charge in [0.05, 0.1) is 0 Å². The van der Waals surface area contributed by atoms with Crippen molar-refractivity contribution in [1.29, 1.82) is 0 Å². The molecule has 2 aromatic rings. The van der Waals surface area contributed by atoms with E-state index in [2.05, 4.69) is 38.8 Å². The average molecular weight is 360 g/mol. The number of nitrogens with one attached hydrogen (secondary N) is 1. The number of halogens is 1. The van der Waals surface area contributed by atoms with Gasteiger partial charge in [-0.25, -0.2) is 0 Å². The Morgan fingerprint density at radius 3 is 2.33 bits per heavy atom. The summed E-state index contributed by atoms with van der Waals surface area (Å²) in [7, 11) is -1.15. The fraction of sp³-hybridized carbons (Fsp3) is 0.350. The van der Waals surface area contributed by atoms with Crippen molar-refractivity contribution in [3.05, 3.63) is 64.2 Å². The number of hydrogen-bond donors (Lipinski definition) is 1. The van der Waals surface area contributed by atoms with Gasteiger partial charge >= 0.3 is 0 Å². The zero-order valence-corrected chi connectivity index (χ0v) is 16.9. The molecule has 0 radical (unpaired) electrons. The summed E-state index contributed by atoms with van der Waals surface area (Å²) in [6.45, 7) is 11.5. The second-order valence-corrected chi connectivity index (χ2v) is 13.7. The molecule has 1 N–H and O–H groups in total. The molecule has 0 aliphatic heterocycles. The third kappa shape index (κ3) is 5.22. The van der Waals surface area contributed by atoms with Crippen molar-refractivity contribution in [2.24, 2.45) is 0 Å². The van der Waals surface area contributed by atoms with Crippen LogP contribution in [0.2, 0.25) is 30.7 Å². The average Bonchev–Trinajstić information content (AvgIpc) is 2.48. The Morgan fingerprint density at radius 2 is 1.75 bits per heavy atom. The molecular formula is C20H26ClNOSi. The van der Waals surface area contributed by atoms with E-state index in [1.54, 1.807) is 12.1 Å². The molecule has 0 bridgehead atoms. The largest absolute Gasteiger partial charge is 0.322 e. The predicted molar refractivity (Wildman–Crippen MR) is 107 cm³/mol. The fourth-order valence-corrected chi connectivity index (χ4v) is 5.26. The lowest BCUT2D eigenvalue weighted by molar-refractivity contribution is 0.102. The molecule has 0 aliphatic rings. The second kappa shape index (κ2) is 7.54. The molecule has 0 fully saturated rings. The molecule has 128 valence electrons. The maximum absolute atomic E-state index is 12.5. The highest BCUT2D eigenvalue weighted by Gasteiger charge is 2.20. The van der Waals surface area contributed by atoms with E-state index >= 15 is 0 Å². The molecule has 1 unspecified atom stereocenters. The van der Waals surface area contributed by atoms with Crippen LogP contribution in [0.1, 0.15) is 34.3 Å². The van der Waals surface area contributed by atoms with Crippen LogP contribution >= 0.6 is 11.6 Å². The summed E-state index contributed by atoms with van der Waals surface area (Å²) in [6.07, 6.45) is 0. The first kappa shape index (κ1) is 18.8. The smallest absolute Gasteiger partial charge is 0.255 e. The lowest BCUT2D eigenvalue weighted by Gasteiger charge is -2.23. The number of anilines is 1. The second-order valence-electron chi connectivity index (χ2n) is 7.70. The predicted octanol–water partition coefficient (Wildman–Crippen LogP) is 6.34. The van der Waals surface area contributed by atoms with Gasteiger partial charge in [0.15, 0.2) is 0 Å². The molecule has 1 atom stereocenters. The number of amides is 1. The highest BCUT2D eigenvalue weighted by molar-refractivity contribution is 6.76. The van der Waals surface area contributed by atoms with Crippen LogP contribution in [0.3, 0.4) is 0 Å². The lowest BCUT2D eigenvalue weighted by Crippen LogP contribution is -2.22. The van der Waals surface area contributed by atoms with Gasteiger partial charge in [-0.2, -0.15) is 0 Å². The van der Waals surface area contributed by atoms with Gasteiger partial charge in [0.1, 0.15) is 0 Å². The Balaban J connectivity index is 2.20. The Labute approximate surface area is 151 Å². The van der Waals surface area contributed by atoms with Gasteiger partial charge in [-0.1, -0.05) is 50.3 Å². The van der Waals surface area contributed by atoms with Crippen LogP contribution in [-0.2, 0) is 0 Å². The first-order valence-electron chi connectivity index (χ1n) is 8.33. The zero-order valence-electron chi connectivity index (χ0n) is 15.1. The van der Waals surface area contributed by atoms with Crippen LogP contribution in [0.5, 0.6) is 0 Å². The highest BCUT2D eigenvalue weighted by atomic mass is 35.5. The molecule has 2 aromatic carbocycles. The number of rotatable bonds is 5. The van der Waals surface area contributed by atoms with Crippen molar-refractivity contribution < 1.29 is 4.79 Å². The molecule has 0 aromatic heterocycles. The monoisotopic (exact) mass is 359 g/mol. The fourth-order valence-electron chi connectivity index (χ4n) is 3.08. The maximum Gasteiger partial charge on any atom is 0.255 e. The molecule has 0 saturated carbocycles. The van der Waals surface area contributed by atoms with E-state index < -0.39 is 8.07 Å². The summed E-state index contributed by atoms with van der Waals surface area (Å²) < 4.78 is 0. The van der Waals surface area contributed by atoms with Crippen molar-refractivity contribution >= 4 is 31.3 Å². The van der Waals surface area contributed by atoms with Crippen molar-refractivity contribution in [2.45, 2.75) is 45.5 Å². The van der Waals surface area contributed by atoms with Gasteiger partial charge in [-0.15, -0.1) is 0 Å². The first-order valence-corrected chi connectivity index (χ1v) is 12.4. The highest BCUT2D eigenvalue weighted by Crippen LogP contribution is 2.29. The SMILES string of the molecule is Cc1ccc(C(=O)Nc2ccc(Cl)cc2)cc1C(C)C[Si](C)(C)C. The first-order chi connectivity index (χ1) is 11.2. The summed E-state index contributed by atoms with van der Waals surface area (Å²) in [6, 6.07) is 14.4. The van der Waals surface area contributed by atoms with Crippen LogP contribution in [0.4, 0.5) is 5.69 Å². The Bertz CT molecular complexity index is 719. The molecule has 0 saturated heterocycles. The van der Waals surface area contributed by atoms with Crippen LogP contribution in [0, 0.1) is 6.92 Å². The van der Waals surface area contributed by atoms with Crippen LogP contribution in [0.25, 0.3) is 0 Å². The molecular weight excluding hydrogens is 334 g/mol. The van der Waals surface area contributed by atoms with Gasteiger partial charge in [0, 0.05) is 24.3 Å². The zero-order chi connectivity index (χ0) is 17.9. The Kier molecular flexibility index (Phi) is 5.89. The summed E-state index contributed by atoms with van der Waals surface area (Å²) in [5.74, 6) is 0.388. The van der Waals surface area contributed by atoms with Gasteiger partial charge in [-0.05, 0) is 60.4 Å². The summed E-state index contributed by atoms with van der Waals surface area (Å²) >= 11 is 5.88. The van der Waals surface area contributed by atoms with E-state index in [-0.39, 0.29) is 5.91 Å². The van der Waals surface area contributed by atoms with Crippen molar-refractivity contribution in [2.75, 3.05) is 5.32 Å². The minimum atomic E-state index is -1.15. The van der Waals surface area contributed by atoms with E-state index in [4.69, 9.17) is 11.6 Å². The Morgan fingerprint density at radius 1 is 1.12 bits per heavy atom. The number of carbonyl (C=O) groups excluding carboxylic acids is 1. The van der Waals surface area contributed by atoms with Crippen LogP contribution in [0.15, 0.2) is 42.5 Å². The number of hydrogen-bond acceptors (Lipinski definition) is 1.